The Morgan fingerprint density at radius 2 is 1.81 bits per heavy atom. The van der Waals surface area contributed by atoms with Crippen molar-refractivity contribution in [3.8, 4) is 0 Å². The van der Waals surface area contributed by atoms with Crippen molar-refractivity contribution in [2.24, 2.45) is 4.99 Å². The molecule has 1 spiro atoms. The van der Waals surface area contributed by atoms with Gasteiger partial charge in [0, 0.05) is 49.6 Å². The summed E-state index contributed by atoms with van der Waals surface area (Å²) in [6.45, 7) is 7.68. The van der Waals surface area contributed by atoms with E-state index in [4.69, 9.17) is 4.99 Å². The quantitative estimate of drug-likeness (QED) is 0.370. The van der Waals surface area contributed by atoms with Crippen molar-refractivity contribution in [3.63, 3.8) is 0 Å². The summed E-state index contributed by atoms with van der Waals surface area (Å²) in [6, 6.07) is 0. The molecule has 3 rings (SSSR count). The van der Waals surface area contributed by atoms with Gasteiger partial charge in [-0.3, -0.25) is 9.79 Å². The fourth-order valence-corrected chi connectivity index (χ4v) is 5.90. The molecule has 0 unspecified atom stereocenters. The van der Waals surface area contributed by atoms with Crippen LogP contribution < -0.4 is 5.32 Å². The van der Waals surface area contributed by atoms with Gasteiger partial charge in [0.05, 0.1) is 6.54 Å². The third kappa shape index (κ3) is 5.91. The Morgan fingerprint density at radius 3 is 2.50 bits per heavy atom. The van der Waals surface area contributed by atoms with Crippen molar-refractivity contribution in [2.45, 2.75) is 63.0 Å². The molecule has 2 aliphatic heterocycles. The molecule has 150 valence electrons. The van der Waals surface area contributed by atoms with E-state index in [-0.39, 0.29) is 29.9 Å². The molecule has 1 aliphatic carbocycles. The average molecular weight is 494 g/mol. The van der Waals surface area contributed by atoms with Crippen molar-refractivity contribution in [2.75, 3.05) is 45.0 Å². The van der Waals surface area contributed by atoms with Crippen molar-refractivity contribution >= 4 is 47.6 Å². The molecular weight excluding hydrogens is 459 g/mol. The monoisotopic (exact) mass is 494 g/mol. The third-order valence-electron chi connectivity index (χ3n) is 5.69. The molecule has 3 fully saturated rings. The molecule has 7 heteroatoms. The summed E-state index contributed by atoms with van der Waals surface area (Å²) in [4.78, 5) is 21.5. The molecule has 0 aromatic rings. The van der Waals surface area contributed by atoms with Crippen LogP contribution in [0.5, 0.6) is 0 Å². The molecule has 0 aromatic carbocycles. The molecule has 0 radical (unpaired) electrons. The Hall–Kier alpha value is -0.180. The Bertz CT molecular complexity index is 471. The lowest BCUT2D eigenvalue weighted by Crippen LogP contribution is -2.53. The molecule has 26 heavy (non-hydrogen) atoms. The number of nitrogens with one attached hydrogen (secondary N) is 1. The molecule has 2 saturated heterocycles. The Labute approximate surface area is 180 Å². The minimum atomic E-state index is 0. The number of guanidine groups is 1. The van der Waals surface area contributed by atoms with E-state index in [1.165, 1.54) is 37.9 Å². The van der Waals surface area contributed by atoms with Crippen LogP contribution in [0.25, 0.3) is 0 Å². The van der Waals surface area contributed by atoms with Gasteiger partial charge in [-0.05, 0) is 32.6 Å². The highest BCUT2D eigenvalue weighted by atomic mass is 127. The molecule has 5 nitrogen and oxygen atoms in total. The summed E-state index contributed by atoms with van der Waals surface area (Å²) in [7, 11) is 0. The van der Waals surface area contributed by atoms with Gasteiger partial charge in [-0.2, -0.15) is 11.8 Å². The zero-order chi connectivity index (χ0) is 17.5. The van der Waals surface area contributed by atoms with E-state index in [0.29, 0.717) is 17.7 Å². The Balaban J connectivity index is 0.00000243. The number of hydrogen-bond acceptors (Lipinski definition) is 3. The lowest BCUT2D eigenvalue weighted by atomic mass is 9.87. The standard InChI is InChI=1S/C19H34N4OS.HI/c1-2-20-18(21-11-8-17(24)22-12-6-7-13-22)23-14-15-25-19(16-23)9-4-3-5-10-19;/h2-16H2,1H3,(H,20,21);1H. The fourth-order valence-electron chi connectivity index (χ4n) is 4.33. The van der Waals surface area contributed by atoms with Crippen molar-refractivity contribution < 1.29 is 4.79 Å². The van der Waals surface area contributed by atoms with Crippen molar-refractivity contribution in [1.82, 2.24) is 15.1 Å². The Morgan fingerprint density at radius 1 is 1.08 bits per heavy atom. The van der Waals surface area contributed by atoms with Gasteiger partial charge in [0.2, 0.25) is 5.91 Å². The first kappa shape index (κ1) is 22.1. The van der Waals surface area contributed by atoms with Crippen LogP contribution in [0, 0.1) is 0 Å². The maximum Gasteiger partial charge on any atom is 0.224 e. The Kier molecular flexibility index (Phi) is 9.33. The summed E-state index contributed by atoms with van der Waals surface area (Å²) >= 11 is 2.19. The SMILES string of the molecule is CCNC(=NCCC(=O)N1CCCC1)N1CCSC2(CCCCC2)C1.I. The van der Waals surface area contributed by atoms with Crippen LogP contribution in [0.1, 0.15) is 58.3 Å². The van der Waals surface area contributed by atoms with Gasteiger partial charge < -0.3 is 15.1 Å². The summed E-state index contributed by atoms with van der Waals surface area (Å²) in [6.07, 6.45) is 9.70. The van der Waals surface area contributed by atoms with Crippen LogP contribution in [-0.2, 0) is 4.79 Å². The van der Waals surface area contributed by atoms with Gasteiger partial charge in [-0.15, -0.1) is 24.0 Å². The molecule has 1 saturated carbocycles. The van der Waals surface area contributed by atoms with Gasteiger partial charge in [0.25, 0.3) is 0 Å². The molecule has 0 bridgehead atoms. The molecular formula is C19H35IN4OS. The van der Waals surface area contributed by atoms with E-state index in [1.807, 2.05) is 4.90 Å². The summed E-state index contributed by atoms with van der Waals surface area (Å²) in [5, 5.41) is 3.46. The smallest absolute Gasteiger partial charge is 0.224 e. The second-order valence-corrected chi connectivity index (χ2v) is 9.15. The maximum atomic E-state index is 12.2. The second-order valence-electron chi connectivity index (χ2n) is 7.59. The van der Waals surface area contributed by atoms with Crippen LogP contribution in [0.2, 0.25) is 0 Å². The molecule has 0 aromatic heterocycles. The number of carbonyl (C=O) groups is 1. The number of rotatable bonds is 4. The first-order valence-corrected chi connectivity index (χ1v) is 11.2. The lowest BCUT2D eigenvalue weighted by molar-refractivity contribution is -0.129. The predicted octanol–water partition coefficient (Wildman–Crippen LogP) is 3.33. The van der Waals surface area contributed by atoms with Crippen LogP contribution in [0.4, 0.5) is 0 Å². The zero-order valence-electron chi connectivity index (χ0n) is 16.2. The van der Waals surface area contributed by atoms with Gasteiger partial charge in [-0.1, -0.05) is 19.3 Å². The molecule has 1 N–H and O–H groups in total. The number of carbonyl (C=O) groups excluding carboxylic acids is 1. The zero-order valence-corrected chi connectivity index (χ0v) is 19.3. The summed E-state index contributed by atoms with van der Waals surface area (Å²) in [5.74, 6) is 2.48. The number of nitrogens with zero attached hydrogens (tertiary/aromatic N) is 3. The predicted molar refractivity (Wildman–Crippen MR) is 122 cm³/mol. The summed E-state index contributed by atoms with van der Waals surface area (Å²) < 4.78 is 0.443. The lowest BCUT2D eigenvalue weighted by Gasteiger charge is -2.45. The van der Waals surface area contributed by atoms with Crippen molar-refractivity contribution in [1.29, 1.82) is 0 Å². The van der Waals surface area contributed by atoms with Crippen LogP contribution in [0.3, 0.4) is 0 Å². The van der Waals surface area contributed by atoms with E-state index in [9.17, 15) is 4.79 Å². The van der Waals surface area contributed by atoms with E-state index in [1.54, 1.807) is 0 Å². The van der Waals surface area contributed by atoms with E-state index in [2.05, 4.69) is 28.9 Å². The van der Waals surface area contributed by atoms with Crippen molar-refractivity contribution in [3.05, 3.63) is 0 Å². The van der Waals surface area contributed by atoms with Crippen LogP contribution >= 0.6 is 35.7 Å². The first-order valence-electron chi connectivity index (χ1n) is 10.2. The highest BCUT2D eigenvalue weighted by molar-refractivity contribution is 14.0. The number of likely N-dealkylation sites (tertiary alicyclic amines) is 1. The topological polar surface area (TPSA) is 47.9 Å². The van der Waals surface area contributed by atoms with Gasteiger partial charge in [0.15, 0.2) is 5.96 Å². The molecule has 1 amide bonds. The van der Waals surface area contributed by atoms with E-state index >= 15 is 0 Å². The highest BCUT2D eigenvalue weighted by Crippen LogP contribution is 2.42. The van der Waals surface area contributed by atoms with Gasteiger partial charge in [0.1, 0.15) is 0 Å². The highest BCUT2D eigenvalue weighted by Gasteiger charge is 2.38. The number of halogens is 1. The maximum absolute atomic E-state index is 12.2. The normalized spacial score (nSPS) is 23.0. The minimum absolute atomic E-state index is 0. The van der Waals surface area contributed by atoms with Crippen LogP contribution in [-0.4, -0.2) is 71.4 Å². The third-order valence-corrected chi connectivity index (χ3v) is 7.23. The fraction of sp³-hybridized carbons (Fsp3) is 0.895. The largest absolute Gasteiger partial charge is 0.357 e. The van der Waals surface area contributed by atoms with Gasteiger partial charge in [-0.25, -0.2) is 0 Å². The number of amides is 1. The average Bonchev–Trinajstić information content (AvgIpc) is 3.16. The first-order chi connectivity index (χ1) is 12.2. The summed E-state index contributed by atoms with van der Waals surface area (Å²) in [5.41, 5.74) is 0. The molecule has 3 aliphatic rings. The van der Waals surface area contributed by atoms with E-state index < -0.39 is 0 Å². The number of thioether (sulfide) groups is 1. The second kappa shape index (κ2) is 11.0. The minimum Gasteiger partial charge on any atom is -0.357 e. The number of hydrogen-bond donors (Lipinski definition) is 1. The van der Waals surface area contributed by atoms with Crippen LogP contribution in [0.15, 0.2) is 4.99 Å². The molecule has 0 atom stereocenters. The van der Waals surface area contributed by atoms with Gasteiger partial charge >= 0.3 is 0 Å². The molecule has 2 heterocycles. The van der Waals surface area contributed by atoms with E-state index in [0.717, 1.165) is 51.5 Å². The number of aliphatic imine (C=N–C) groups is 1.